The number of carbonyl (C=O) groups is 2. The summed E-state index contributed by atoms with van der Waals surface area (Å²) in [6.45, 7) is 2.39. The van der Waals surface area contributed by atoms with Crippen molar-refractivity contribution in [2.45, 2.75) is 25.9 Å². The van der Waals surface area contributed by atoms with Crippen molar-refractivity contribution in [1.82, 2.24) is 20.5 Å². The summed E-state index contributed by atoms with van der Waals surface area (Å²) in [7, 11) is 3.98. The van der Waals surface area contributed by atoms with E-state index in [0.29, 0.717) is 17.8 Å². The first-order valence-corrected chi connectivity index (χ1v) is 8.25. The van der Waals surface area contributed by atoms with Crippen LogP contribution in [0.4, 0.5) is 4.39 Å². The van der Waals surface area contributed by atoms with Gasteiger partial charge in [-0.05, 0) is 46.1 Å². The summed E-state index contributed by atoms with van der Waals surface area (Å²) in [6, 6.07) is 3.16. The van der Waals surface area contributed by atoms with Crippen LogP contribution in [0.2, 0.25) is 0 Å². The largest absolute Gasteiger partial charge is 0.459 e. The quantitative estimate of drug-likeness (QED) is 0.571. The van der Waals surface area contributed by atoms with E-state index >= 15 is 0 Å². The summed E-state index contributed by atoms with van der Waals surface area (Å²) in [5, 5.41) is 5.90. The zero-order valence-corrected chi connectivity index (χ0v) is 15.0. The minimum absolute atomic E-state index is 0.0928. The topological polar surface area (TPSA) is 83.6 Å². The maximum absolute atomic E-state index is 12.0. The molecule has 0 aromatic carbocycles. The Morgan fingerprint density at radius 2 is 2.16 bits per heavy atom. The first-order chi connectivity index (χ1) is 11.9. The number of alkyl halides is 1. The molecule has 0 aliphatic heterocycles. The number of ether oxygens (including phenoxy) is 1. The molecule has 1 aromatic heterocycles. The molecule has 1 atom stereocenters. The Hall–Kier alpha value is -2.06. The number of amides is 1. The third-order valence-corrected chi connectivity index (χ3v) is 3.37. The van der Waals surface area contributed by atoms with Crippen LogP contribution in [-0.2, 0) is 16.1 Å². The molecule has 0 radical (unpaired) electrons. The summed E-state index contributed by atoms with van der Waals surface area (Å²) in [4.78, 5) is 29.7. The van der Waals surface area contributed by atoms with Gasteiger partial charge in [-0.1, -0.05) is 0 Å². The molecule has 0 spiro atoms. The number of halogens is 1. The fourth-order valence-corrected chi connectivity index (χ4v) is 2.07. The van der Waals surface area contributed by atoms with Crippen LogP contribution < -0.4 is 10.6 Å². The summed E-state index contributed by atoms with van der Waals surface area (Å²) in [5.41, 5.74) is 0.908. The van der Waals surface area contributed by atoms with Gasteiger partial charge in [-0.3, -0.25) is 9.78 Å². The highest BCUT2D eigenvalue weighted by Crippen LogP contribution is 2.04. The first kappa shape index (κ1) is 21.0. The van der Waals surface area contributed by atoms with E-state index in [1.165, 1.54) is 12.3 Å². The van der Waals surface area contributed by atoms with Crippen LogP contribution in [0.5, 0.6) is 0 Å². The second-order valence-corrected chi connectivity index (χ2v) is 6.02. The van der Waals surface area contributed by atoms with E-state index in [4.69, 9.17) is 4.74 Å². The second kappa shape index (κ2) is 11.5. The number of hydrogen-bond acceptors (Lipinski definition) is 6. The van der Waals surface area contributed by atoms with E-state index in [9.17, 15) is 14.0 Å². The van der Waals surface area contributed by atoms with Crippen molar-refractivity contribution < 1.29 is 18.7 Å². The molecule has 1 unspecified atom stereocenters. The minimum atomic E-state index is -0.715. The highest BCUT2D eigenvalue weighted by molar-refractivity contribution is 5.89. The predicted molar refractivity (Wildman–Crippen MR) is 93.0 cm³/mol. The second-order valence-electron chi connectivity index (χ2n) is 6.02. The Morgan fingerprint density at radius 3 is 2.84 bits per heavy atom. The first-order valence-electron chi connectivity index (χ1n) is 8.25. The van der Waals surface area contributed by atoms with E-state index in [0.717, 1.165) is 13.0 Å². The lowest BCUT2D eigenvalue weighted by molar-refractivity contribution is -0.120. The molecule has 0 fully saturated rings. The van der Waals surface area contributed by atoms with E-state index in [1.54, 1.807) is 6.07 Å². The fourth-order valence-electron chi connectivity index (χ4n) is 2.07. The SMILES string of the molecule is CC(CCN(C)C)NC(=O)CNCc1cc(C(=O)OCCF)ccn1. The van der Waals surface area contributed by atoms with Crippen LogP contribution in [-0.4, -0.2) is 68.3 Å². The van der Waals surface area contributed by atoms with Crippen molar-refractivity contribution >= 4 is 11.9 Å². The van der Waals surface area contributed by atoms with E-state index in [1.807, 2.05) is 21.0 Å². The predicted octanol–water partition coefficient (Wildman–Crippen LogP) is 0.754. The van der Waals surface area contributed by atoms with Gasteiger partial charge in [-0.25, -0.2) is 9.18 Å². The van der Waals surface area contributed by atoms with E-state index < -0.39 is 12.6 Å². The van der Waals surface area contributed by atoms with Gasteiger partial charge < -0.3 is 20.3 Å². The number of esters is 1. The number of carbonyl (C=O) groups excluding carboxylic acids is 2. The molecule has 0 saturated carbocycles. The molecule has 8 heteroatoms. The molecule has 0 bridgehead atoms. The van der Waals surface area contributed by atoms with Gasteiger partial charge in [-0.15, -0.1) is 0 Å². The van der Waals surface area contributed by atoms with Crippen LogP contribution in [0.15, 0.2) is 18.3 Å². The summed E-state index contributed by atoms with van der Waals surface area (Å²) >= 11 is 0. The Kier molecular flexibility index (Phi) is 9.64. The number of aromatic nitrogens is 1. The van der Waals surface area contributed by atoms with Gasteiger partial charge in [0.2, 0.25) is 5.91 Å². The minimum Gasteiger partial charge on any atom is -0.459 e. The number of nitrogens with one attached hydrogen (secondary N) is 2. The number of rotatable bonds is 11. The van der Waals surface area contributed by atoms with Crippen LogP contribution >= 0.6 is 0 Å². The van der Waals surface area contributed by atoms with Crippen LogP contribution in [0, 0.1) is 0 Å². The zero-order chi connectivity index (χ0) is 18.7. The average Bonchev–Trinajstić information content (AvgIpc) is 2.58. The lowest BCUT2D eigenvalue weighted by Crippen LogP contribution is -2.40. The highest BCUT2D eigenvalue weighted by atomic mass is 19.1. The summed E-state index contributed by atoms with van der Waals surface area (Å²) in [6.07, 6.45) is 2.36. The molecule has 25 heavy (non-hydrogen) atoms. The lowest BCUT2D eigenvalue weighted by Gasteiger charge is -2.16. The van der Waals surface area contributed by atoms with Crippen LogP contribution in [0.1, 0.15) is 29.4 Å². The number of pyridine rings is 1. The molecule has 0 aliphatic carbocycles. The lowest BCUT2D eigenvalue weighted by atomic mass is 10.2. The smallest absolute Gasteiger partial charge is 0.338 e. The maximum Gasteiger partial charge on any atom is 0.338 e. The van der Waals surface area contributed by atoms with Gasteiger partial charge in [-0.2, -0.15) is 0 Å². The Balaban J connectivity index is 2.35. The molecule has 0 saturated heterocycles. The molecule has 1 heterocycles. The molecule has 0 aliphatic rings. The third-order valence-electron chi connectivity index (χ3n) is 3.37. The van der Waals surface area contributed by atoms with Gasteiger partial charge in [0.15, 0.2) is 0 Å². The summed E-state index contributed by atoms with van der Waals surface area (Å²) in [5.74, 6) is -0.682. The van der Waals surface area contributed by atoms with Gasteiger partial charge in [0.1, 0.15) is 13.3 Å². The van der Waals surface area contributed by atoms with Crippen molar-refractivity contribution in [3.05, 3.63) is 29.6 Å². The van der Waals surface area contributed by atoms with Gasteiger partial charge in [0, 0.05) is 18.8 Å². The van der Waals surface area contributed by atoms with Gasteiger partial charge in [0.25, 0.3) is 0 Å². The highest BCUT2D eigenvalue weighted by Gasteiger charge is 2.10. The molecular weight excluding hydrogens is 327 g/mol. The van der Waals surface area contributed by atoms with Crippen molar-refractivity contribution in [3.63, 3.8) is 0 Å². The van der Waals surface area contributed by atoms with Crippen LogP contribution in [0.25, 0.3) is 0 Å². The fraction of sp³-hybridized carbons (Fsp3) is 0.588. The Bertz CT molecular complexity index is 554. The van der Waals surface area contributed by atoms with Crippen LogP contribution in [0.3, 0.4) is 0 Å². The molecule has 2 N–H and O–H groups in total. The molecule has 1 aromatic rings. The van der Waals surface area contributed by atoms with Gasteiger partial charge >= 0.3 is 5.97 Å². The average molecular weight is 354 g/mol. The Morgan fingerprint density at radius 1 is 1.40 bits per heavy atom. The number of nitrogens with zero attached hydrogens (tertiary/aromatic N) is 2. The van der Waals surface area contributed by atoms with Crippen molar-refractivity contribution in [2.75, 3.05) is 40.5 Å². The molecule has 1 rings (SSSR count). The van der Waals surface area contributed by atoms with E-state index in [-0.39, 0.29) is 25.1 Å². The summed E-state index contributed by atoms with van der Waals surface area (Å²) < 4.78 is 16.8. The molecular formula is C17H27FN4O3. The monoisotopic (exact) mass is 354 g/mol. The van der Waals surface area contributed by atoms with Gasteiger partial charge in [0.05, 0.1) is 17.8 Å². The van der Waals surface area contributed by atoms with Crippen molar-refractivity contribution in [1.29, 1.82) is 0 Å². The van der Waals surface area contributed by atoms with Crippen molar-refractivity contribution in [2.24, 2.45) is 0 Å². The normalized spacial score (nSPS) is 12.0. The molecule has 140 valence electrons. The zero-order valence-electron chi connectivity index (χ0n) is 15.0. The standard InChI is InChI=1S/C17H27FN4O3/c1-13(5-8-22(2)3)21-16(23)12-19-11-15-10-14(4-7-20-15)17(24)25-9-6-18/h4,7,10,13,19H,5-6,8-9,11-12H2,1-3H3,(H,21,23). The molecule has 1 amide bonds. The van der Waals surface area contributed by atoms with E-state index in [2.05, 4.69) is 20.5 Å². The van der Waals surface area contributed by atoms with Crippen molar-refractivity contribution in [3.8, 4) is 0 Å². The number of hydrogen-bond donors (Lipinski definition) is 2. The Labute approximate surface area is 147 Å². The molecule has 7 nitrogen and oxygen atoms in total. The third kappa shape index (κ3) is 9.11. The maximum atomic E-state index is 12.0.